The van der Waals surface area contributed by atoms with Gasteiger partial charge in [-0.1, -0.05) is 24.6 Å². The number of aliphatic hydroxyl groups is 2. The van der Waals surface area contributed by atoms with Crippen molar-refractivity contribution in [2.45, 2.75) is 38.9 Å². The predicted octanol–water partition coefficient (Wildman–Crippen LogP) is 1.02. The Balaban J connectivity index is 2.30. The summed E-state index contributed by atoms with van der Waals surface area (Å²) in [7, 11) is 0. The number of hydrogen-bond donors (Lipinski definition) is 2. The van der Waals surface area contributed by atoms with Gasteiger partial charge in [0.1, 0.15) is 11.2 Å². The lowest BCUT2D eigenvalue weighted by molar-refractivity contribution is -0.189. The van der Waals surface area contributed by atoms with Gasteiger partial charge in [-0.05, 0) is 26.8 Å². The van der Waals surface area contributed by atoms with Crippen molar-refractivity contribution in [3.8, 4) is 0 Å². The zero-order valence-electron chi connectivity index (χ0n) is 12.2. The molecule has 0 spiro atoms. The number of carbonyl (C=O) groups excluding carboxylic acids is 2. The van der Waals surface area contributed by atoms with Gasteiger partial charge in [-0.25, -0.2) is 0 Å². The van der Waals surface area contributed by atoms with Gasteiger partial charge in [-0.2, -0.15) is 0 Å². The Morgan fingerprint density at radius 1 is 1.10 bits per heavy atom. The number of allylic oxidation sites excluding steroid dienone is 2. The minimum absolute atomic E-state index is 0.221. The monoisotopic (exact) mass is 276 g/mol. The van der Waals surface area contributed by atoms with Gasteiger partial charge < -0.3 is 10.2 Å². The van der Waals surface area contributed by atoms with Crippen LogP contribution >= 0.6 is 0 Å². The number of ketones is 2. The fourth-order valence-corrected chi connectivity index (χ4v) is 4.67. The highest BCUT2D eigenvalue weighted by molar-refractivity contribution is 6.01. The summed E-state index contributed by atoms with van der Waals surface area (Å²) < 4.78 is 0. The molecule has 4 rings (SSSR count). The molecule has 4 heteroatoms. The van der Waals surface area contributed by atoms with Crippen molar-refractivity contribution in [2.75, 3.05) is 0 Å². The molecule has 108 valence electrons. The van der Waals surface area contributed by atoms with E-state index in [1.54, 1.807) is 6.08 Å². The molecule has 4 aliphatic carbocycles. The summed E-state index contributed by atoms with van der Waals surface area (Å²) in [4.78, 5) is 24.6. The molecule has 4 aliphatic rings. The quantitative estimate of drug-likeness (QED) is 0.648. The van der Waals surface area contributed by atoms with E-state index in [9.17, 15) is 19.8 Å². The van der Waals surface area contributed by atoms with Gasteiger partial charge in [0.2, 0.25) is 0 Å². The molecule has 0 heterocycles. The molecule has 6 atom stereocenters. The molecule has 0 aromatic heterocycles. The second kappa shape index (κ2) is 3.49. The number of Topliss-reactive ketones (excluding diaryl/α,β-unsaturated/α-hetero) is 1. The van der Waals surface area contributed by atoms with E-state index in [2.05, 4.69) is 0 Å². The standard InChI is InChI=1S/C16H20O4/c1-8-7-9-13(18)16(4,20)11(8)12-14(9,2)6-5-10(17)15(12,3)19/h5-7,9,11-12,19-20H,1-4H3/t9-,11+,12-,14-,15-,16-/m1/s1. The summed E-state index contributed by atoms with van der Waals surface area (Å²) in [6, 6.07) is 0. The first-order chi connectivity index (χ1) is 9.04. The molecule has 0 amide bonds. The third kappa shape index (κ3) is 1.29. The van der Waals surface area contributed by atoms with Gasteiger partial charge in [0.05, 0.1) is 0 Å². The SMILES string of the molecule is CC1=C[C@@H]2C(=O)[C@](C)(O)[C@@H]1[C@@H]1[C@]2(C)C=CC(=O)[C@@]1(C)O. The number of carbonyl (C=O) groups is 2. The van der Waals surface area contributed by atoms with E-state index in [0.717, 1.165) is 5.57 Å². The van der Waals surface area contributed by atoms with Gasteiger partial charge in [0.25, 0.3) is 0 Å². The molecular weight excluding hydrogens is 256 g/mol. The molecule has 4 nitrogen and oxygen atoms in total. The van der Waals surface area contributed by atoms with Gasteiger partial charge in [-0.3, -0.25) is 9.59 Å². The van der Waals surface area contributed by atoms with Crippen molar-refractivity contribution < 1.29 is 19.8 Å². The number of hydrogen-bond acceptors (Lipinski definition) is 4. The van der Waals surface area contributed by atoms with Crippen LogP contribution in [0.2, 0.25) is 0 Å². The molecule has 0 aromatic carbocycles. The minimum Gasteiger partial charge on any atom is -0.382 e. The molecule has 0 radical (unpaired) electrons. The van der Waals surface area contributed by atoms with Crippen molar-refractivity contribution in [3.63, 3.8) is 0 Å². The maximum absolute atomic E-state index is 12.5. The fourth-order valence-electron chi connectivity index (χ4n) is 4.67. The van der Waals surface area contributed by atoms with Crippen LogP contribution in [0.1, 0.15) is 27.7 Å². The zero-order chi connectivity index (χ0) is 15.1. The number of rotatable bonds is 0. The Morgan fingerprint density at radius 3 is 2.30 bits per heavy atom. The average molecular weight is 276 g/mol. The van der Waals surface area contributed by atoms with E-state index in [1.807, 2.05) is 19.9 Å². The van der Waals surface area contributed by atoms with Gasteiger partial charge >= 0.3 is 0 Å². The second-order valence-corrected chi connectivity index (χ2v) is 7.07. The summed E-state index contributed by atoms with van der Waals surface area (Å²) in [5, 5.41) is 21.3. The Labute approximate surface area is 118 Å². The predicted molar refractivity (Wildman–Crippen MR) is 72.7 cm³/mol. The largest absolute Gasteiger partial charge is 0.382 e. The molecule has 0 aromatic rings. The topological polar surface area (TPSA) is 74.6 Å². The maximum Gasteiger partial charge on any atom is 0.186 e. The minimum atomic E-state index is -1.56. The molecule has 2 N–H and O–H groups in total. The van der Waals surface area contributed by atoms with E-state index in [0.29, 0.717) is 0 Å². The summed E-state index contributed by atoms with van der Waals surface area (Å²) >= 11 is 0. The van der Waals surface area contributed by atoms with E-state index in [1.165, 1.54) is 19.9 Å². The van der Waals surface area contributed by atoms with E-state index in [-0.39, 0.29) is 11.6 Å². The fraction of sp³-hybridized carbons (Fsp3) is 0.625. The van der Waals surface area contributed by atoms with Crippen LogP contribution in [-0.4, -0.2) is 33.0 Å². The first kappa shape index (κ1) is 13.7. The third-order valence-electron chi connectivity index (χ3n) is 5.68. The Hall–Kier alpha value is -1.26. The maximum atomic E-state index is 12.5. The van der Waals surface area contributed by atoms with Crippen molar-refractivity contribution in [1.29, 1.82) is 0 Å². The third-order valence-corrected chi connectivity index (χ3v) is 5.68. The first-order valence-corrected chi connectivity index (χ1v) is 6.95. The Kier molecular flexibility index (Phi) is 2.39. The van der Waals surface area contributed by atoms with E-state index < -0.39 is 34.4 Å². The highest BCUT2D eigenvalue weighted by Crippen LogP contribution is 2.62. The molecule has 1 saturated carbocycles. The summed E-state index contributed by atoms with van der Waals surface area (Å²) in [6.07, 6.45) is 5.01. The first-order valence-electron chi connectivity index (χ1n) is 6.95. The van der Waals surface area contributed by atoms with Crippen LogP contribution in [0.3, 0.4) is 0 Å². The zero-order valence-corrected chi connectivity index (χ0v) is 12.2. The van der Waals surface area contributed by atoms with Crippen LogP contribution in [0.4, 0.5) is 0 Å². The molecular formula is C16H20O4. The lowest BCUT2D eigenvalue weighted by atomic mass is 9.42. The van der Waals surface area contributed by atoms with E-state index in [4.69, 9.17) is 0 Å². The number of fused-ring (bicyclic) bond motifs is 1. The molecule has 20 heavy (non-hydrogen) atoms. The van der Waals surface area contributed by atoms with Gasteiger partial charge in [0, 0.05) is 23.2 Å². The smallest absolute Gasteiger partial charge is 0.186 e. The van der Waals surface area contributed by atoms with Crippen LogP contribution in [0.5, 0.6) is 0 Å². The lowest BCUT2D eigenvalue weighted by Gasteiger charge is -2.61. The summed E-state index contributed by atoms with van der Waals surface area (Å²) in [5.74, 6) is -2.10. The normalized spacial score (nSPS) is 53.9. The van der Waals surface area contributed by atoms with Crippen molar-refractivity contribution in [2.24, 2.45) is 23.2 Å². The van der Waals surface area contributed by atoms with Gasteiger partial charge in [-0.15, -0.1) is 0 Å². The molecule has 0 aliphatic heterocycles. The van der Waals surface area contributed by atoms with E-state index >= 15 is 0 Å². The molecule has 0 unspecified atom stereocenters. The van der Waals surface area contributed by atoms with Crippen molar-refractivity contribution >= 4 is 11.6 Å². The molecule has 2 bridgehead atoms. The molecule has 0 saturated heterocycles. The average Bonchev–Trinajstić information content (AvgIpc) is 2.33. The Bertz CT molecular complexity index is 581. The van der Waals surface area contributed by atoms with Crippen molar-refractivity contribution in [3.05, 3.63) is 23.8 Å². The van der Waals surface area contributed by atoms with Crippen LogP contribution < -0.4 is 0 Å². The van der Waals surface area contributed by atoms with Crippen LogP contribution in [0, 0.1) is 23.2 Å². The van der Waals surface area contributed by atoms with Crippen LogP contribution in [0.25, 0.3) is 0 Å². The lowest BCUT2D eigenvalue weighted by Crippen LogP contribution is -2.70. The highest BCUT2D eigenvalue weighted by atomic mass is 16.3. The van der Waals surface area contributed by atoms with Gasteiger partial charge in [0.15, 0.2) is 11.6 Å². The van der Waals surface area contributed by atoms with Crippen LogP contribution in [-0.2, 0) is 9.59 Å². The second-order valence-electron chi connectivity index (χ2n) is 7.07. The summed E-state index contributed by atoms with van der Waals surface area (Å²) in [6.45, 7) is 6.75. The highest BCUT2D eigenvalue weighted by Gasteiger charge is 2.68. The Morgan fingerprint density at radius 2 is 1.70 bits per heavy atom. The molecule has 1 fully saturated rings. The van der Waals surface area contributed by atoms with Crippen molar-refractivity contribution in [1.82, 2.24) is 0 Å². The summed E-state index contributed by atoms with van der Waals surface area (Å²) in [5.41, 5.74) is -2.83. The van der Waals surface area contributed by atoms with Crippen LogP contribution in [0.15, 0.2) is 23.8 Å².